The number of aryl methyl sites for hydroxylation is 1. The maximum absolute atomic E-state index is 12.8. The van der Waals surface area contributed by atoms with Crippen molar-refractivity contribution >= 4 is 5.97 Å². The Morgan fingerprint density at radius 2 is 1.62 bits per heavy atom. The summed E-state index contributed by atoms with van der Waals surface area (Å²) < 4.78 is 12.7. The van der Waals surface area contributed by atoms with Gasteiger partial charge in [0.2, 0.25) is 6.10 Å². The molecule has 1 heterocycles. The molecule has 0 radical (unpaired) electrons. The number of carbonyl (C=O) groups is 1. The maximum atomic E-state index is 12.8. The van der Waals surface area contributed by atoms with Crippen molar-refractivity contribution in [2.75, 3.05) is 6.61 Å². The van der Waals surface area contributed by atoms with Crippen LogP contribution in [0.15, 0.2) is 72.9 Å². The third kappa shape index (κ3) is 5.45. The molecule has 6 heteroatoms. The predicted octanol–water partition coefficient (Wildman–Crippen LogP) is 5.55. The van der Waals surface area contributed by atoms with E-state index in [1.807, 2.05) is 67.6 Å². The first kappa shape index (κ1) is 23.9. The molecular formula is C28H32N2O4. The molecule has 6 nitrogen and oxygen atoms in total. The molecule has 1 fully saturated rings. The molecule has 1 aliphatic rings. The quantitative estimate of drug-likeness (QED) is 0.427. The molecule has 1 N–H and O–H groups in total. The fraction of sp³-hybridized carbons (Fsp3) is 0.393. The molecule has 178 valence electrons. The number of ether oxygens (including phenoxy) is 2. The van der Waals surface area contributed by atoms with Gasteiger partial charge in [-0.15, -0.1) is 0 Å². The van der Waals surface area contributed by atoms with Crippen molar-refractivity contribution in [3.63, 3.8) is 0 Å². The lowest BCUT2D eigenvalue weighted by Gasteiger charge is -2.39. The largest absolute Gasteiger partial charge is 0.478 e. The molecule has 4 rings (SSSR count). The van der Waals surface area contributed by atoms with Crippen molar-refractivity contribution in [3.8, 4) is 6.01 Å². The monoisotopic (exact) mass is 460 g/mol. The second-order valence-corrected chi connectivity index (χ2v) is 8.93. The van der Waals surface area contributed by atoms with Crippen LogP contribution in [0, 0.1) is 12.8 Å². The molecule has 0 amide bonds. The van der Waals surface area contributed by atoms with E-state index in [0.717, 1.165) is 6.42 Å². The number of hydrogen-bond donors (Lipinski definition) is 1. The lowest BCUT2D eigenvalue weighted by molar-refractivity contribution is -0.164. The number of benzene rings is 2. The Balaban J connectivity index is 1.77. The molecule has 0 saturated heterocycles. The van der Waals surface area contributed by atoms with E-state index >= 15 is 0 Å². The number of carboxylic acid groups (broad SMARTS) is 1. The van der Waals surface area contributed by atoms with E-state index in [1.165, 1.54) is 32.1 Å². The second kappa shape index (κ2) is 11.3. The molecular weight excluding hydrogens is 428 g/mol. The van der Waals surface area contributed by atoms with Crippen molar-refractivity contribution < 1.29 is 19.4 Å². The molecule has 1 aromatic heterocycles. The zero-order valence-corrected chi connectivity index (χ0v) is 19.6. The average molecular weight is 461 g/mol. The summed E-state index contributed by atoms with van der Waals surface area (Å²) >= 11 is 0. The molecule has 2 aromatic carbocycles. The van der Waals surface area contributed by atoms with E-state index in [2.05, 4.69) is 9.97 Å². The Kier molecular flexibility index (Phi) is 7.91. The zero-order valence-electron chi connectivity index (χ0n) is 19.6. The van der Waals surface area contributed by atoms with Crippen molar-refractivity contribution in [2.45, 2.75) is 57.2 Å². The Labute approximate surface area is 201 Å². The van der Waals surface area contributed by atoms with Gasteiger partial charge in [-0.1, -0.05) is 92.8 Å². The Morgan fingerprint density at radius 3 is 2.18 bits per heavy atom. The summed E-state index contributed by atoms with van der Waals surface area (Å²) in [5.74, 6) is -0.544. The topological polar surface area (TPSA) is 81.5 Å². The summed E-state index contributed by atoms with van der Waals surface area (Å²) in [4.78, 5) is 21.2. The fourth-order valence-corrected chi connectivity index (χ4v) is 4.84. The Bertz CT molecular complexity index is 1010. The average Bonchev–Trinajstić information content (AvgIpc) is 2.87. The lowest BCUT2D eigenvalue weighted by Crippen LogP contribution is -2.51. The summed E-state index contributed by atoms with van der Waals surface area (Å²) in [6.45, 7) is 2.24. The van der Waals surface area contributed by atoms with Crippen molar-refractivity contribution in [2.24, 2.45) is 5.92 Å². The van der Waals surface area contributed by atoms with Gasteiger partial charge < -0.3 is 14.6 Å². The molecule has 3 aromatic rings. The summed E-state index contributed by atoms with van der Waals surface area (Å²) in [5.41, 5.74) is 0.739. The molecule has 1 aliphatic carbocycles. The van der Waals surface area contributed by atoms with Gasteiger partial charge in [-0.25, -0.2) is 14.8 Å². The molecule has 34 heavy (non-hydrogen) atoms. The van der Waals surface area contributed by atoms with Gasteiger partial charge in [-0.3, -0.25) is 0 Å². The Morgan fingerprint density at radius 1 is 1.00 bits per heavy atom. The number of aromatic nitrogens is 2. The van der Waals surface area contributed by atoms with Crippen LogP contribution in [-0.2, 0) is 15.1 Å². The van der Waals surface area contributed by atoms with Crippen LogP contribution in [0.4, 0.5) is 0 Å². The van der Waals surface area contributed by atoms with Crippen LogP contribution in [0.5, 0.6) is 6.01 Å². The molecule has 0 spiro atoms. The van der Waals surface area contributed by atoms with Crippen LogP contribution in [0.1, 0.15) is 55.3 Å². The van der Waals surface area contributed by atoms with Gasteiger partial charge in [0.15, 0.2) is 5.60 Å². The van der Waals surface area contributed by atoms with Crippen LogP contribution < -0.4 is 4.74 Å². The van der Waals surface area contributed by atoms with Gasteiger partial charge >= 0.3 is 12.0 Å². The molecule has 1 atom stereocenters. The maximum Gasteiger partial charge on any atom is 0.348 e. The SMILES string of the molecule is Cc1ccnc(O[C@H](C(=O)O)C(OCCC2CCCCC2)(c2ccccc2)c2ccccc2)n1. The highest BCUT2D eigenvalue weighted by Crippen LogP contribution is 2.40. The number of aliphatic carboxylic acids is 1. The minimum Gasteiger partial charge on any atom is -0.478 e. The van der Waals surface area contributed by atoms with Crippen LogP contribution in [-0.4, -0.2) is 33.8 Å². The minimum atomic E-state index is -1.40. The van der Waals surface area contributed by atoms with E-state index in [1.54, 1.807) is 12.3 Å². The summed E-state index contributed by atoms with van der Waals surface area (Å²) in [5, 5.41) is 10.4. The predicted molar refractivity (Wildman–Crippen MR) is 130 cm³/mol. The van der Waals surface area contributed by atoms with Crippen LogP contribution in [0.3, 0.4) is 0 Å². The first-order valence-corrected chi connectivity index (χ1v) is 12.0. The third-order valence-electron chi connectivity index (χ3n) is 6.58. The first-order valence-electron chi connectivity index (χ1n) is 12.0. The van der Waals surface area contributed by atoms with Crippen LogP contribution >= 0.6 is 0 Å². The Hall–Kier alpha value is -3.25. The van der Waals surface area contributed by atoms with E-state index < -0.39 is 17.7 Å². The van der Waals surface area contributed by atoms with Gasteiger partial charge in [-0.2, -0.15) is 0 Å². The van der Waals surface area contributed by atoms with Crippen LogP contribution in [0.2, 0.25) is 0 Å². The van der Waals surface area contributed by atoms with Crippen molar-refractivity contribution in [1.29, 1.82) is 0 Å². The summed E-state index contributed by atoms with van der Waals surface area (Å²) in [7, 11) is 0. The molecule has 0 bridgehead atoms. The molecule has 1 saturated carbocycles. The highest BCUT2D eigenvalue weighted by atomic mass is 16.6. The van der Waals surface area contributed by atoms with Gasteiger partial charge in [0.05, 0.1) is 0 Å². The van der Waals surface area contributed by atoms with Crippen LogP contribution in [0.25, 0.3) is 0 Å². The smallest absolute Gasteiger partial charge is 0.348 e. The number of hydrogen-bond acceptors (Lipinski definition) is 5. The fourth-order valence-electron chi connectivity index (χ4n) is 4.84. The zero-order chi connectivity index (χ0) is 23.8. The van der Waals surface area contributed by atoms with Gasteiger partial charge in [-0.05, 0) is 36.5 Å². The number of rotatable bonds is 10. The minimum absolute atomic E-state index is 0.0134. The standard InChI is InChI=1S/C28H32N2O4/c1-21-17-19-29-27(30-21)34-25(26(31)32)28(23-13-7-3-8-14-23,24-15-9-4-10-16-24)33-20-18-22-11-5-2-6-12-22/h3-4,7-10,13-17,19,22,25H,2,5-6,11-12,18,20H2,1H3,(H,31,32)/t25-/m1/s1. The number of nitrogens with zero attached hydrogens (tertiary/aromatic N) is 2. The van der Waals surface area contributed by atoms with E-state index in [4.69, 9.17) is 9.47 Å². The summed E-state index contributed by atoms with van der Waals surface area (Å²) in [6.07, 6.45) is 7.23. The highest BCUT2D eigenvalue weighted by Gasteiger charge is 2.50. The normalized spacial score (nSPS) is 15.6. The number of carboxylic acids is 1. The van der Waals surface area contributed by atoms with E-state index in [0.29, 0.717) is 29.3 Å². The first-order chi connectivity index (χ1) is 16.6. The van der Waals surface area contributed by atoms with Gasteiger partial charge in [0.25, 0.3) is 0 Å². The van der Waals surface area contributed by atoms with Crippen molar-refractivity contribution in [3.05, 3.63) is 89.7 Å². The van der Waals surface area contributed by atoms with Crippen molar-refractivity contribution in [1.82, 2.24) is 9.97 Å². The van der Waals surface area contributed by atoms with Gasteiger partial charge in [0, 0.05) is 18.5 Å². The molecule has 0 unspecified atom stereocenters. The second-order valence-electron chi connectivity index (χ2n) is 8.93. The third-order valence-corrected chi connectivity index (χ3v) is 6.58. The highest BCUT2D eigenvalue weighted by molar-refractivity contribution is 5.76. The summed E-state index contributed by atoms with van der Waals surface area (Å²) in [6, 6.07) is 20.7. The lowest BCUT2D eigenvalue weighted by atomic mass is 9.80. The molecule has 0 aliphatic heterocycles. The van der Waals surface area contributed by atoms with Gasteiger partial charge in [0.1, 0.15) is 0 Å². The van der Waals surface area contributed by atoms with E-state index in [-0.39, 0.29) is 6.01 Å². The van der Waals surface area contributed by atoms with E-state index in [9.17, 15) is 9.90 Å².